The van der Waals surface area contributed by atoms with Crippen LogP contribution in [0.5, 0.6) is 0 Å². The Morgan fingerprint density at radius 3 is 2.12 bits per heavy atom. The van der Waals surface area contributed by atoms with Gasteiger partial charge in [0.15, 0.2) is 6.04 Å². The lowest BCUT2D eigenvalue weighted by molar-refractivity contribution is -0.142. The largest absolute Gasteiger partial charge is 0.480 e. The standard InChI is InChI=1S/C12H16N2O3/c1-7-4-8(2)6-9(5-7)14-11(15)10(13-3)12(16)17/h4-6,10,13H,1-3H3,(H,14,15)(H,16,17). The molecule has 1 aromatic rings. The third-order valence-electron chi connectivity index (χ3n) is 2.29. The number of carboxylic acid groups (broad SMARTS) is 1. The van der Waals surface area contributed by atoms with Gasteiger partial charge >= 0.3 is 5.97 Å². The molecule has 0 saturated heterocycles. The molecule has 17 heavy (non-hydrogen) atoms. The molecule has 1 amide bonds. The van der Waals surface area contributed by atoms with Crippen molar-refractivity contribution in [2.24, 2.45) is 0 Å². The zero-order valence-corrected chi connectivity index (χ0v) is 10.1. The molecule has 0 aliphatic heterocycles. The SMILES string of the molecule is CNC(C(=O)O)C(=O)Nc1cc(C)cc(C)c1. The normalized spacial score (nSPS) is 11.9. The Kier molecular flexibility index (Phi) is 4.23. The number of likely N-dealkylation sites (N-methyl/N-ethyl adjacent to an activating group) is 1. The molecule has 0 fully saturated rings. The lowest BCUT2D eigenvalue weighted by Gasteiger charge is -2.12. The molecule has 5 nitrogen and oxygen atoms in total. The van der Waals surface area contributed by atoms with Crippen LogP contribution in [0.1, 0.15) is 11.1 Å². The number of aryl methyl sites for hydroxylation is 2. The molecular formula is C12H16N2O3. The number of carboxylic acids is 1. The van der Waals surface area contributed by atoms with Gasteiger partial charge < -0.3 is 10.4 Å². The number of carbonyl (C=O) groups is 2. The second-order valence-electron chi connectivity index (χ2n) is 3.93. The summed E-state index contributed by atoms with van der Waals surface area (Å²) in [4.78, 5) is 22.4. The van der Waals surface area contributed by atoms with Crippen LogP contribution in [-0.4, -0.2) is 30.1 Å². The predicted octanol–water partition coefficient (Wildman–Crippen LogP) is 0.915. The van der Waals surface area contributed by atoms with Gasteiger partial charge in [0.25, 0.3) is 5.91 Å². The van der Waals surface area contributed by atoms with E-state index in [1.165, 1.54) is 7.05 Å². The molecule has 0 bridgehead atoms. The summed E-state index contributed by atoms with van der Waals surface area (Å²) >= 11 is 0. The van der Waals surface area contributed by atoms with Gasteiger partial charge in [-0.05, 0) is 44.2 Å². The van der Waals surface area contributed by atoms with Gasteiger partial charge in [0.05, 0.1) is 0 Å². The maximum absolute atomic E-state index is 11.7. The zero-order valence-electron chi connectivity index (χ0n) is 10.1. The Morgan fingerprint density at radius 1 is 1.18 bits per heavy atom. The van der Waals surface area contributed by atoms with E-state index in [4.69, 9.17) is 5.11 Å². The summed E-state index contributed by atoms with van der Waals surface area (Å²) in [7, 11) is 1.43. The minimum absolute atomic E-state index is 0.579. The molecule has 0 aliphatic carbocycles. The van der Waals surface area contributed by atoms with Crippen molar-refractivity contribution >= 4 is 17.6 Å². The van der Waals surface area contributed by atoms with Crippen LogP contribution in [0.25, 0.3) is 0 Å². The summed E-state index contributed by atoms with van der Waals surface area (Å²) in [5.41, 5.74) is 2.63. The smallest absolute Gasteiger partial charge is 0.330 e. The number of nitrogens with one attached hydrogen (secondary N) is 2. The van der Waals surface area contributed by atoms with Crippen molar-refractivity contribution in [3.63, 3.8) is 0 Å². The molecule has 0 saturated carbocycles. The Balaban J connectivity index is 2.83. The van der Waals surface area contributed by atoms with Gasteiger partial charge in [0.2, 0.25) is 0 Å². The van der Waals surface area contributed by atoms with Gasteiger partial charge in [-0.2, -0.15) is 0 Å². The molecule has 0 spiro atoms. The Hall–Kier alpha value is -1.88. The second kappa shape index (κ2) is 5.45. The topological polar surface area (TPSA) is 78.4 Å². The monoisotopic (exact) mass is 236 g/mol. The summed E-state index contributed by atoms with van der Waals surface area (Å²) in [5.74, 6) is -1.78. The average molecular weight is 236 g/mol. The van der Waals surface area contributed by atoms with E-state index in [1.807, 2.05) is 19.9 Å². The van der Waals surface area contributed by atoms with Crippen molar-refractivity contribution in [3.05, 3.63) is 29.3 Å². The van der Waals surface area contributed by atoms with Crippen LogP contribution in [0.2, 0.25) is 0 Å². The van der Waals surface area contributed by atoms with E-state index in [1.54, 1.807) is 12.1 Å². The number of aliphatic carboxylic acids is 1. The van der Waals surface area contributed by atoms with Crippen molar-refractivity contribution in [2.75, 3.05) is 12.4 Å². The van der Waals surface area contributed by atoms with E-state index in [-0.39, 0.29) is 0 Å². The Bertz CT molecular complexity index is 423. The molecule has 0 aromatic heterocycles. The van der Waals surface area contributed by atoms with E-state index in [2.05, 4.69) is 10.6 Å². The highest BCUT2D eigenvalue weighted by molar-refractivity contribution is 6.07. The van der Waals surface area contributed by atoms with E-state index in [0.717, 1.165) is 11.1 Å². The number of amides is 1. The highest BCUT2D eigenvalue weighted by Crippen LogP contribution is 2.13. The number of benzene rings is 1. The van der Waals surface area contributed by atoms with Crippen LogP contribution in [0.4, 0.5) is 5.69 Å². The van der Waals surface area contributed by atoms with Gasteiger partial charge in [-0.3, -0.25) is 10.1 Å². The van der Waals surface area contributed by atoms with Gasteiger partial charge in [0.1, 0.15) is 0 Å². The molecule has 92 valence electrons. The van der Waals surface area contributed by atoms with Crippen LogP contribution in [-0.2, 0) is 9.59 Å². The molecule has 5 heteroatoms. The van der Waals surface area contributed by atoms with Crippen LogP contribution >= 0.6 is 0 Å². The minimum Gasteiger partial charge on any atom is -0.480 e. The lowest BCUT2D eigenvalue weighted by Crippen LogP contribution is -2.44. The number of hydrogen-bond donors (Lipinski definition) is 3. The second-order valence-corrected chi connectivity index (χ2v) is 3.93. The third kappa shape index (κ3) is 3.57. The summed E-state index contributed by atoms with van der Waals surface area (Å²) in [6.45, 7) is 3.82. The predicted molar refractivity (Wildman–Crippen MR) is 65.0 cm³/mol. The van der Waals surface area contributed by atoms with Crippen LogP contribution in [0.3, 0.4) is 0 Å². The molecule has 1 atom stereocenters. The van der Waals surface area contributed by atoms with Crippen LogP contribution in [0, 0.1) is 13.8 Å². The molecule has 0 radical (unpaired) electrons. The fraction of sp³-hybridized carbons (Fsp3) is 0.333. The van der Waals surface area contributed by atoms with Crippen molar-refractivity contribution in [1.82, 2.24) is 5.32 Å². The van der Waals surface area contributed by atoms with Crippen molar-refractivity contribution in [3.8, 4) is 0 Å². The summed E-state index contributed by atoms with van der Waals surface area (Å²) in [5, 5.41) is 13.8. The molecule has 0 aliphatic rings. The molecule has 1 rings (SSSR count). The molecular weight excluding hydrogens is 220 g/mol. The van der Waals surface area contributed by atoms with E-state index < -0.39 is 17.9 Å². The average Bonchev–Trinajstić information content (AvgIpc) is 2.15. The quantitative estimate of drug-likeness (QED) is 0.679. The fourth-order valence-corrected chi connectivity index (χ4v) is 1.63. The van der Waals surface area contributed by atoms with Gasteiger partial charge in [0, 0.05) is 5.69 Å². The first kappa shape index (κ1) is 13.2. The molecule has 1 aromatic carbocycles. The molecule has 1 unspecified atom stereocenters. The number of rotatable bonds is 4. The number of anilines is 1. The number of carbonyl (C=O) groups excluding carboxylic acids is 1. The highest BCUT2D eigenvalue weighted by atomic mass is 16.4. The van der Waals surface area contributed by atoms with E-state index in [0.29, 0.717) is 5.69 Å². The van der Waals surface area contributed by atoms with Gasteiger partial charge in [-0.15, -0.1) is 0 Å². The summed E-state index contributed by atoms with van der Waals surface area (Å²) in [6, 6.07) is 4.32. The first-order chi connectivity index (χ1) is 7.93. The number of hydrogen-bond acceptors (Lipinski definition) is 3. The molecule has 0 heterocycles. The van der Waals surface area contributed by atoms with Crippen LogP contribution < -0.4 is 10.6 Å². The summed E-state index contributed by atoms with van der Waals surface area (Å²) < 4.78 is 0. The van der Waals surface area contributed by atoms with Gasteiger partial charge in [-0.25, -0.2) is 4.79 Å². The van der Waals surface area contributed by atoms with Crippen molar-refractivity contribution in [2.45, 2.75) is 19.9 Å². The Morgan fingerprint density at radius 2 is 1.71 bits per heavy atom. The molecule has 3 N–H and O–H groups in total. The minimum atomic E-state index is -1.24. The van der Waals surface area contributed by atoms with Gasteiger partial charge in [-0.1, -0.05) is 6.07 Å². The Labute approximate surface area is 99.8 Å². The fourth-order valence-electron chi connectivity index (χ4n) is 1.63. The summed E-state index contributed by atoms with van der Waals surface area (Å²) in [6.07, 6.45) is 0. The zero-order chi connectivity index (χ0) is 13.0. The maximum Gasteiger partial charge on any atom is 0.330 e. The first-order valence-electron chi connectivity index (χ1n) is 5.23. The first-order valence-corrected chi connectivity index (χ1v) is 5.23. The van der Waals surface area contributed by atoms with E-state index in [9.17, 15) is 9.59 Å². The highest BCUT2D eigenvalue weighted by Gasteiger charge is 2.23. The van der Waals surface area contributed by atoms with Crippen molar-refractivity contribution < 1.29 is 14.7 Å². The lowest BCUT2D eigenvalue weighted by atomic mass is 10.1. The third-order valence-corrected chi connectivity index (χ3v) is 2.29. The van der Waals surface area contributed by atoms with E-state index >= 15 is 0 Å². The van der Waals surface area contributed by atoms with Crippen LogP contribution in [0.15, 0.2) is 18.2 Å². The van der Waals surface area contributed by atoms with Crippen molar-refractivity contribution in [1.29, 1.82) is 0 Å². The maximum atomic E-state index is 11.7.